The number of nitro benzene ring substituents is 1. The zero-order chi connectivity index (χ0) is 21.1. The number of guanidine groups is 1. The second kappa shape index (κ2) is 12.0. The van der Waals surface area contributed by atoms with E-state index in [0.29, 0.717) is 19.8 Å². The molecule has 1 aliphatic heterocycles. The quantitative estimate of drug-likeness (QED) is 0.168. The van der Waals surface area contributed by atoms with Gasteiger partial charge in [-0.1, -0.05) is 12.1 Å². The maximum atomic E-state index is 11.8. The molecule has 0 aliphatic carbocycles. The summed E-state index contributed by atoms with van der Waals surface area (Å²) in [6.45, 7) is 5.94. The van der Waals surface area contributed by atoms with Crippen LogP contribution in [0.15, 0.2) is 29.3 Å². The Morgan fingerprint density at radius 1 is 1.31 bits per heavy atom. The number of carbonyl (C=O) groups excluding carboxylic acids is 1. The maximum Gasteiger partial charge on any atom is 0.308 e. The lowest BCUT2D eigenvalue weighted by Crippen LogP contribution is -2.47. The molecule has 9 heteroatoms. The molecule has 1 aromatic rings. The van der Waals surface area contributed by atoms with Gasteiger partial charge in [0, 0.05) is 45.0 Å². The molecule has 1 aliphatic rings. The van der Waals surface area contributed by atoms with Crippen LogP contribution < -0.4 is 5.32 Å². The van der Waals surface area contributed by atoms with Gasteiger partial charge in [-0.25, -0.2) is 4.99 Å². The predicted molar refractivity (Wildman–Crippen MR) is 110 cm³/mol. The van der Waals surface area contributed by atoms with Gasteiger partial charge < -0.3 is 19.7 Å². The standard InChI is InChI=1S/C20H30N4O5/c1-3-29-14-4-11-21-20(23-12-9-17(10-13-23)19(25)28-2)22-15-16-5-7-18(8-6-16)24(26)27/h5-8,17H,3-4,9-15H2,1-2H3,(H,21,22). The van der Waals surface area contributed by atoms with Crippen molar-refractivity contribution >= 4 is 17.6 Å². The number of non-ortho nitro benzene ring substituents is 1. The van der Waals surface area contributed by atoms with Crippen molar-refractivity contribution in [1.29, 1.82) is 0 Å². The first kappa shape index (κ1) is 22.6. The number of nitrogens with one attached hydrogen (secondary N) is 1. The van der Waals surface area contributed by atoms with Crippen LogP contribution in [0.4, 0.5) is 5.69 Å². The average Bonchev–Trinajstić information content (AvgIpc) is 2.75. The highest BCUT2D eigenvalue weighted by atomic mass is 16.6. The van der Waals surface area contributed by atoms with Gasteiger partial charge in [0.15, 0.2) is 5.96 Å². The van der Waals surface area contributed by atoms with Crippen molar-refractivity contribution in [3.8, 4) is 0 Å². The fourth-order valence-corrected chi connectivity index (χ4v) is 3.17. The van der Waals surface area contributed by atoms with E-state index in [2.05, 4.69) is 10.2 Å². The molecule has 160 valence electrons. The van der Waals surface area contributed by atoms with Gasteiger partial charge in [-0.2, -0.15) is 0 Å². The molecule has 0 radical (unpaired) electrons. The number of benzene rings is 1. The zero-order valence-corrected chi connectivity index (χ0v) is 17.1. The second-order valence-corrected chi connectivity index (χ2v) is 6.83. The number of rotatable bonds is 9. The van der Waals surface area contributed by atoms with Gasteiger partial charge in [-0.05, 0) is 31.7 Å². The number of hydrogen-bond acceptors (Lipinski definition) is 6. The van der Waals surface area contributed by atoms with Gasteiger partial charge in [-0.15, -0.1) is 0 Å². The summed E-state index contributed by atoms with van der Waals surface area (Å²) in [5.74, 6) is 0.562. The molecule has 1 saturated heterocycles. The van der Waals surface area contributed by atoms with Crippen molar-refractivity contribution in [1.82, 2.24) is 10.2 Å². The molecule has 2 rings (SSSR count). The van der Waals surface area contributed by atoms with Crippen LogP contribution in [0.25, 0.3) is 0 Å². The molecule has 0 unspecified atom stereocenters. The SMILES string of the molecule is CCOCCCNC(=NCc1ccc([N+](=O)[O-])cc1)N1CCC(C(=O)OC)CC1. The number of esters is 1. The van der Waals surface area contributed by atoms with Crippen molar-refractivity contribution in [2.45, 2.75) is 32.7 Å². The normalized spacial score (nSPS) is 15.2. The van der Waals surface area contributed by atoms with E-state index in [-0.39, 0.29) is 17.6 Å². The van der Waals surface area contributed by atoms with Crippen molar-refractivity contribution < 1.29 is 19.2 Å². The van der Waals surface area contributed by atoms with Crippen LogP contribution in [-0.4, -0.2) is 61.7 Å². The number of ether oxygens (including phenoxy) is 2. The fraction of sp³-hybridized carbons (Fsp3) is 0.600. The third-order valence-electron chi connectivity index (χ3n) is 4.84. The Morgan fingerprint density at radius 3 is 2.59 bits per heavy atom. The van der Waals surface area contributed by atoms with Crippen LogP contribution in [0.3, 0.4) is 0 Å². The van der Waals surface area contributed by atoms with Gasteiger partial charge in [0.25, 0.3) is 5.69 Å². The smallest absolute Gasteiger partial charge is 0.308 e. The number of likely N-dealkylation sites (tertiary alicyclic amines) is 1. The highest BCUT2D eigenvalue weighted by molar-refractivity contribution is 5.80. The molecule has 1 fully saturated rings. The summed E-state index contributed by atoms with van der Waals surface area (Å²) in [4.78, 5) is 29.0. The maximum absolute atomic E-state index is 11.8. The highest BCUT2D eigenvalue weighted by Gasteiger charge is 2.27. The van der Waals surface area contributed by atoms with Crippen LogP contribution in [0.5, 0.6) is 0 Å². The van der Waals surface area contributed by atoms with Crippen LogP contribution in [0.2, 0.25) is 0 Å². The molecule has 0 amide bonds. The lowest BCUT2D eigenvalue weighted by atomic mass is 9.97. The highest BCUT2D eigenvalue weighted by Crippen LogP contribution is 2.19. The van der Waals surface area contributed by atoms with E-state index in [4.69, 9.17) is 14.5 Å². The van der Waals surface area contributed by atoms with E-state index in [1.54, 1.807) is 12.1 Å². The minimum absolute atomic E-state index is 0.0647. The van der Waals surface area contributed by atoms with Gasteiger partial charge in [0.1, 0.15) is 0 Å². The number of carbonyl (C=O) groups is 1. The summed E-state index contributed by atoms with van der Waals surface area (Å²) in [7, 11) is 1.42. The Bertz CT molecular complexity index is 685. The molecule has 0 saturated carbocycles. The lowest BCUT2D eigenvalue weighted by Gasteiger charge is -2.33. The Hall–Kier alpha value is -2.68. The molecule has 9 nitrogen and oxygen atoms in total. The van der Waals surface area contributed by atoms with Crippen LogP contribution >= 0.6 is 0 Å². The first-order chi connectivity index (χ1) is 14.0. The molecular formula is C20H30N4O5. The Labute approximate surface area is 171 Å². The molecule has 1 aromatic carbocycles. The largest absolute Gasteiger partial charge is 0.469 e. The number of hydrogen-bond donors (Lipinski definition) is 1. The first-order valence-electron chi connectivity index (χ1n) is 9.97. The minimum Gasteiger partial charge on any atom is -0.469 e. The van der Waals surface area contributed by atoms with Gasteiger partial charge in [0.2, 0.25) is 0 Å². The third-order valence-corrected chi connectivity index (χ3v) is 4.84. The van der Waals surface area contributed by atoms with E-state index < -0.39 is 4.92 Å². The van der Waals surface area contributed by atoms with Crippen molar-refractivity contribution in [3.05, 3.63) is 39.9 Å². The van der Waals surface area contributed by atoms with Gasteiger partial charge in [-0.3, -0.25) is 14.9 Å². The van der Waals surface area contributed by atoms with Crippen molar-refractivity contribution in [3.63, 3.8) is 0 Å². The molecule has 0 aromatic heterocycles. The first-order valence-corrected chi connectivity index (χ1v) is 9.97. The van der Waals surface area contributed by atoms with E-state index in [0.717, 1.165) is 50.4 Å². The van der Waals surface area contributed by atoms with Crippen molar-refractivity contribution in [2.75, 3.05) is 40.0 Å². The Balaban J connectivity index is 1.99. The average molecular weight is 406 g/mol. The second-order valence-electron chi connectivity index (χ2n) is 6.83. The van der Waals surface area contributed by atoms with E-state index in [1.807, 2.05) is 6.92 Å². The summed E-state index contributed by atoms with van der Waals surface area (Å²) in [5.41, 5.74) is 0.963. The number of nitrogens with zero attached hydrogens (tertiary/aromatic N) is 3. The van der Waals surface area contributed by atoms with Crippen molar-refractivity contribution in [2.24, 2.45) is 10.9 Å². The summed E-state index contributed by atoms with van der Waals surface area (Å²) >= 11 is 0. The molecule has 29 heavy (non-hydrogen) atoms. The number of aliphatic imine (C=N–C) groups is 1. The van der Waals surface area contributed by atoms with E-state index >= 15 is 0 Å². The summed E-state index contributed by atoms with van der Waals surface area (Å²) < 4.78 is 10.2. The number of nitro groups is 1. The number of piperidine rings is 1. The molecule has 1 heterocycles. The van der Waals surface area contributed by atoms with E-state index in [1.165, 1.54) is 19.2 Å². The Morgan fingerprint density at radius 2 is 2.00 bits per heavy atom. The summed E-state index contributed by atoms with van der Waals surface area (Å²) in [5, 5.41) is 14.2. The van der Waals surface area contributed by atoms with Crippen LogP contribution in [-0.2, 0) is 20.8 Å². The monoisotopic (exact) mass is 406 g/mol. The summed E-state index contributed by atoms with van der Waals surface area (Å²) in [6, 6.07) is 6.42. The predicted octanol–water partition coefficient (Wildman–Crippen LogP) is 2.35. The zero-order valence-electron chi connectivity index (χ0n) is 17.1. The lowest BCUT2D eigenvalue weighted by molar-refractivity contribution is -0.384. The molecule has 0 spiro atoms. The molecule has 1 N–H and O–H groups in total. The van der Waals surface area contributed by atoms with Gasteiger partial charge in [0.05, 0.1) is 24.5 Å². The summed E-state index contributed by atoms with van der Waals surface area (Å²) in [6.07, 6.45) is 2.32. The molecular weight excluding hydrogens is 376 g/mol. The minimum atomic E-state index is -0.413. The number of methoxy groups -OCH3 is 1. The van der Waals surface area contributed by atoms with E-state index in [9.17, 15) is 14.9 Å². The van der Waals surface area contributed by atoms with Crippen LogP contribution in [0.1, 0.15) is 31.7 Å². The fourth-order valence-electron chi connectivity index (χ4n) is 3.17. The Kier molecular flexibility index (Phi) is 9.36. The molecule has 0 atom stereocenters. The molecule has 0 bridgehead atoms. The van der Waals surface area contributed by atoms with Crippen LogP contribution in [0, 0.1) is 16.0 Å². The third kappa shape index (κ3) is 7.34. The topological polar surface area (TPSA) is 106 Å². The van der Waals surface area contributed by atoms with Gasteiger partial charge >= 0.3 is 5.97 Å².